The van der Waals surface area contributed by atoms with Gasteiger partial charge in [0, 0.05) is 30.1 Å². The molecule has 0 aliphatic heterocycles. The van der Waals surface area contributed by atoms with Gasteiger partial charge in [-0.3, -0.25) is 14.9 Å². The molecular weight excluding hydrogens is 458 g/mol. The van der Waals surface area contributed by atoms with Gasteiger partial charge in [-0.05, 0) is 29.7 Å². The van der Waals surface area contributed by atoms with Gasteiger partial charge in [0.05, 0.1) is 28.5 Å². The first kappa shape index (κ1) is 24.7. The fourth-order valence-electron chi connectivity index (χ4n) is 3.11. The molecule has 0 atom stereocenters. The molecule has 10 heteroatoms. The zero-order valence-corrected chi connectivity index (χ0v) is 19.4. The Morgan fingerprint density at radius 2 is 1.68 bits per heavy atom. The van der Waals surface area contributed by atoms with E-state index >= 15 is 0 Å². The van der Waals surface area contributed by atoms with Crippen molar-refractivity contribution in [2.45, 2.75) is 20.3 Å². The first-order valence-electron chi connectivity index (χ1n) is 10.5. The van der Waals surface area contributed by atoms with Gasteiger partial charge >= 0.3 is 6.09 Å². The van der Waals surface area contributed by atoms with E-state index < -0.39 is 24.2 Å². The Morgan fingerprint density at radius 1 is 0.971 bits per heavy atom. The van der Waals surface area contributed by atoms with Crippen LogP contribution in [0.1, 0.15) is 30.6 Å². The molecule has 3 aromatic rings. The summed E-state index contributed by atoms with van der Waals surface area (Å²) in [5.74, 6) is -0.665. The van der Waals surface area contributed by atoms with E-state index in [9.17, 15) is 19.5 Å². The summed E-state index contributed by atoms with van der Waals surface area (Å²) >= 11 is 6.32. The number of anilines is 3. The molecule has 1 heterocycles. The molecule has 9 nitrogen and oxygen atoms in total. The van der Waals surface area contributed by atoms with Crippen molar-refractivity contribution < 1.29 is 19.5 Å². The van der Waals surface area contributed by atoms with Crippen LogP contribution in [0.5, 0.6) is 0 Å². The second-order valence-electron chi connectivity index (χ2n) is 7.94. The van der Waals surface area contributed by atoms with Crippen molar-refractivity contribution in [2.24, 2.45) is 5.92 Å². The number of hydrogen-bond acceptors (Lipinski definition) is 6. The highest BCUT2D eigenvalue weighted by molar-refractivity contribution is 6.34. The van der Waals surface area contributed by atoms with Gasteiger partial charge in [-0.2, -0.15) is 0 Å². The lowest BCUT2D eigenvalue weighted by Gasteiger charge is -2.16. The Morgan fingerprint density at radius 3 is 2.35 bits per heavy atom. The first-order valence-corrected chi connectivity index (χ1v) is 10.9. The molecule has 176 valence electrons. The molecular formula is C24H24ClN5O4. The number of carboxylic acid groups (broad SMARTS) is 1. The quantitative estimate of drug-likeness (QED) is 0.245. The van der Waals surface area contributed by atoms with Crippen molar-refractivity contribution in [3.05, 3.63) is 65.7 Å². The number of nitrogens with zero attached hydrogens (tertiary/aromatic N) is 2. The number of carbonyl (C=O) groups is 3. The maximum Gasteiger partial charge on any atom is 0.409 e. The van der Waals surface area contributed by atoms with Crippen molar-refractivity contribution in [1.82, 2.24) is 9.97 Å². The van der Waals surface area contributed by atoms with Crippen molar-refractivity contribution in [1.29, 1.82) is 0 Å². The molecule has 3 rings (SSSR count). The number of aromatic nitrogens is 2. The average molecular weight is 482 g/mol. The van der Waals surface area contributed by atoms with E-state index in [1.165, 1.54) is 18.5 Å². The first-order chi connectivity index (χ1) is 16.2. The molecule has 1 aromatic heterocycles. The van der Waals surface area contributed by atoms with E-state index in [0.29, 0.717) is 28.7 Å². The summed E-state index contributed by atoms with van der Waals surface area (Å²) in [5.41, 5.74) is 2.65. The van der Waals surface area contributed by atoms with E-state index in [1.807, 2.05) is 19.9 Å². The highest BCUT2D eigenvalue weighted by Crippen LogP contribution is 2.33. The number of amides is 2. The lowest BCUT2D eigenvalue weighted by Crippen LogP contribution is -2.19. The Bertz CT molecular complexity index is 1200. The van der Waals surface area contributed by atoms with Crippen molar-refractivity contribution in [3.63, 3.8) is 0 Å². The van der Waals surface area contributed by atoms with Crippen LogP contribution in [0.25, 0.3) is 11.1 Å². The van der Waals surface area contributed by atoms with E-state index in [2.05, 4.69) is 25.9 Å². The molecule has 0 aliphatic rings. The Hall–Kier alpha value is -3.98. The van der Waals surface area contributed by atoms with E-state index in [1.54, 1.807) is 30.6 Å². The van der Waals surface area contributed by atoms with Crippen molar-refractivity contribution >= 4 is 46.4 Å². The second-order valence-corrected chi connectivity index (χ2v) is 8.35. The van der Waals surface area contributed by atoms with Crippen LogP contribution >= 0.6 is 11.6 Å². The lowest BCUT2D eigenvalue weighted by atomic mass is 10.0. The number of Topliss-reactive ketones (excluding diaryl/α,β-unsaturated/α-hetero) is 1. The molecule has 0 radical (unpaired) electrons. The fourth-order valence-corrected chi connectivity index (χ4v) is 3.34. The number of benzene rings is 2. The summed E-state index contributed by atoms with van der Waals surface area (Å²) in [6.07, 6.45) is 2.93. The predicted octanol–water partition coefficient (Wildman–Crippen LogP) is 5.17. The van der Waals surface area contributed by atoms with E-state index in [4.69, 9.17) is 11.6 Å². The fraction of sp³-hybridized carbons (Fsp3) is 0.208. The van der Waals surface area contributed by atoms with Crippen LogP contribution in [0.15, 0.2) is 55.1 Å². The van der Waals surface area contributed by atoms with Gasteiger partial charge in [-0.25, -0.2) is 14.8 Å². The minimum atomic E-state index is -1.30. The topological polar surface area (TPSA) is 133 Å². The highest BCUT2D eigenvalue weighted by atomic mass is 35.5. The van der Waals surface area contributed by atoms with Gasteiger partial charge in [0.2, 0.25) is 5.91 Å². The molecule has 4 N–H and O–H groups in total. The van der Waals surface area contributed by atoms with Crippen LogP contribution in [0.3, 0.4) is 0 Å². The summed E-state index contributed by atoms with van der Waals surface area (Å²) in [7, 11) is 0. The lowest BCUT2D eigenvalue weighted by molar-refractivity contribution is -0.115. The standard InChI is InChI=1S/C24H24ClN5O4/c1-14(2)10-28-19-8-21(30-24(33)34)20(7-18(19)25)29-23(32)9-22(31)16-5-3-4-15(6-16)17-11-26-13-27-12-17/h3-8,11-14,28,30H,9-10H2,1-2H3,(H,29,32)(H,33,34). The molecule has 0 unspecified atom stereocenters. The molecule has 0 aliphatic carbocycles. The smallest absolute Gasteiger partial charge is 0.409 e. The third-order valence-corrected chi connectivity index (χ3v) is 5.04. The minimum absolute atomic E-state index is 0.134. The van der Waals surface area contributed by atoms with Crippen LogP contribution in [0, 0.1) is 5.92 Å². The molecule has 2 aromatic carbocycles. The van der Waals surface area contributed by atoms with Gasteiger partial charge in [-0.15, -0.1) is 0 Å². The van der Waals surface area contributed by atoms with Crippen LogP contribution in [-0.4, -0.2) is 39.4 Å². The van der Waals surface area contributed by atoms with Crippen LogP contribution in [-0.2, 0) is 4.79 Å². The zero-order chi connectivity index (χ0) is 24.7. The van der Waals surface area contributed by atoms with E-state index in [0.717, 1.165) is 11.1 Å². The molecule has 2 amide bonds. The minimum Gasteiger partial charge on any atom is -0.465 e. The SMILES string of the molecule is CC(C)CNc1cc(NC(=O)O)c(NC(=O)CC(=O)c2cccc(-c3cncnc3)c2)cc1Cl. The highest BCUT2D eigenvalue weighted by Gasteiger charge is 2.17. The van der Waals surface area contributed by atoms with Crippen LogP contribution < -0.4 is 16.0 Å². The number of hydrogen-bond donors (Lipinski definition) is 4. The molecule has 0 spiro atoms. The van der Waals surface area contributed by atoms with Gasteiger partial charge in [0.25, 0.3) is 0 Å². The summed E-state index contributed by atoms with van der Waals surface area (Å²) in [4.78, 5) is 44.5. The normalized spacial score (nSPS) is 10.6. The van der Waals surface area contributed by atoms with Gasteiger partial charge in [-0.1, -0.05) is 43.6 Å². The monoisotopic (exact) mass is 481 g/mol. The number of ketones is 1. The van der Waals surface area contributed by atoms with Crippen LogP contribution in [0.4, 0.5) is 21.9 Å². The third kappa shape index (κ3) is 6.76. The molecule has 0 saturated heterocycles. The number of halogens is 1. The van der Waals surface area contributed by atoms with Crippen molar-refractivity contribution in [2.75, 3.05) is 22.5 Å². The Kier molecular flexibility index (Phi) is 8.15. The third-order valence-electron chi connectivity index (χ3n) is 4.72. The van der Waals surface area contributed by atoms with Crippen LogP contribution in [0.2, 0.25) is 5.02 Å². The summed E-state index contributed by atoms with van der Waals surface area (Å²) in [6.45, 7) is 4.67. The number of carbonyl (C=O) groups excluding carboxylic acids is 2. The maximum absolute atomic E-state index is 12.7. The largest absolute Gasteiger partial charge is 0.465 e. The molecule has 0 saturated carbocycles. The van der Waals surface area contributed by atoms with Gasteiger partial charge in [0.15, 0.2) is 5.78 Å². The summed E-state index contributed by atoms with van der Waals surface area (Å²) in [5, 5.41) is 17.4. The Labute approximate surface area is 201 Å². The summed E-state index contributed by atoms with van der Waals surface area (Å²) in [6, 6.07) is 9.75. The predicted molar refractivity (Wildman–Crippen MR) is 131 cm³/mol. The van der Waals surface area contributed by atoms with E-state index in [-0.39, 0.29) is 11.4 Å². The van der Waals surface area contributed by atoms with Crippen molar-refractivity contribution in [3.8, 4) is 11.1 Å². The van der Waals surface area contributed by atoms with Gasteiger partial charge in [0.1, 0.15) is 6.33 Å². The number of rotatable bonds is 9. The second kappa shape index (κ2) is 11.2. The molecule has 0 fully saturated rings. The maximum atomic E-state index is 12.7. The Balaban J connectivity index is 1.75. The summed E-state index contributed by atoms with van der Waals surface area (Å²) < 4.78 is 0. The zero-order valence-electron chi connectivity index (χ0n) is 18.6. The van der Waals surface area contributed by atoms with Gasteiger partial charge < -0.3 is 15.7 Å². The number of nitrogens with one attached hydrogen (secondary N) is 3. The molecule has 0 bridgehead atoms. The molecule has 34 heavy (non-hydrogen) atoms. The average Bonchev–Trinajstić information content (AvgIpc) is 2.80.